The zero-order chi connectivity index (χ0) is 13.9. The molecule has 3 aliphatic rings. The Morgan fingerprint density at radius 3 is 2.50 bits per heavy atom. The first-order valence-electron chi connectivity index (χ1n) is 8.14. The fourth-order valence-corrected chi connectivity index (χ4v) is 4.08. The van der Waals surface area contributed by atoms with Gasteiger partial charge >= 0.3 is 0 Å². The molecule has 3 rings (SSSR count). The predicted molar refractivity (Wildman–Crippen MR) is 79.6 cm³/mol. The molecule has 2 bridgehead atoms. The summed E-state index contributed by atoms with van der Waals surface area (Å²) in [4.78, 5) is 16.8. The van der Waals surface area contributed by atoms with Crippen LogP contribution in [0.5, 0.6) is 0 Å². The lowest BCUT2D eigenvalue weighted by Crippen LogP contribution is -2.48. The Morgan fingerprint density at radius 1 is 1.20 bits per heavy atom. The lowest BCUT2D eigenvalue weighted by molar-refractivity contribution is -0.122. The molecule has 3 fully saturated rings. The topological polar surface area (TPSA) is 47.6 Å². The van der Waals surface area contributed by atoms with Gasteiger partial charge in [-0.25, -0.2) is 0 Å². The number of fused-ring (bicyclic) bond motifs is 2. The molecule has 3 aliphatic heterocycles. The maximum absolute atomic E-state index is 12.0. The summed E-state index contributed by atoms with van der Waals surface area (Å²) < 4.78 is 0. The maximum Gasteiger partial charge on any atom is 0.234 e. The third-order valence-electron chi connectivity index (χ3n) is 5.36. The second kappa shape index (κ2) is 6.41. The van der Waals surface area contributed by atoms with Crippen LogP contribution in [0.25, 0.3) is 0 Å². The standard InChI is InChI=1S/C15H28N4O/c1-18-13-2-3-14(18)9-12(8-13)10-17-15(20)11-19-6-4-16-5-7-19/h12-14,16H,2-11H2,1H3,(H,17,20). The minimum Gasteiger partial charge on any atom is -0.355 e. The van der Waals surface area contributed by atoms with Crippen molar-refractivity contribution in [2.24, 2.45) is 5.92 Å². The van der Waals surface area contributed by atoms with E-state index in [1.165, 1.54) is 25.7 Å². The van der Waals surface area contributed by atoms with Gasteiger partial charge in [0, 0.05) is 44.8 Å². The Kier molecular flexibility index (Phi) is 4.58. The van der Waals surface area contributed by atoms with Crippen LogP contribution in [0.4, 0.5) is 0 Å². The second-order valence-electron chi connectivity index (χ2n) is 6.72. The first-order chi connectivity index (χ1) is 9.72. The molecule has 5 nitrogen and oxygen atoms in total. The summed E-state index contributed by atoms with van der Waals surface area (Å²) in [6.07, 6.45) is 5.24. The number of rotatable bonds is 4. The van der Waals surface area contributed by atoms with Gasteiger partial charge in [-0.05, 0) is 38.6 Å². The Balaban J connectivity index is 1.38. The van der Waals surface area contributed by atoms with Crippen molar-refractivity contribution in [1.29, 1.82) is 0 Å². The summed E-state index contributed by atoms with van der Waals surface area (Å²) in [5, 5.41) is 6.48. The number of piperazine rings is 1. The average molecular weight is 280 g/mol. The van der Waals surface area contributed by atoms with Crippen LogP contribution in [0.1, 0.15) is 25.7 Å². The lowest BCUT2D eigenvalue weighted by atomic mass is 9.91. The van der Waals surface area contributed by atoms with E-state index in [2.05, 4.69) is 27.5 Å². The summed E-state index contributed by atoms with van der Waals surface area (Å²) in [5.41, 5.74) is 0. The second-order valence-corrected chi connectivity index (χ2v) is 6.72. The van der Waals surface area contributed by atoms with Gasteiger partial charge in [0.2, 0.25) is 5.91 Å². The van der Waals surface area contributed by atoms with E-state index < -0.39 is 0 Å². The van der Waals surface area contributed by atoms with Crippen LogP contribution in [0, 0.1) is 5.92 Å². The number of piperidine rings is 1. The van der Waals surface area contributed by atoms with Crippen molar-refractivity contribution in [3.8, 4) is 0 Å². The molecule has 5 heteroatoms. The molecule has 0 aromatic rings. The highest BCUT2D eigenvalue weighted by atomic mass is 16.2. The molecule has 0 saturated carbocycles. The van der Waals surface area contributed by atoms with Gasteiger partial charge in [0.1, 0.15) is 0 Å². The normalized spacial score (nSPS) is 35.1. The van der Waals surface area contributed by atoms with Crippen LogP contribution in [0.15, 0.2) is 0 Å². The van der Waals surface area contributed by atoms with Crippen LogP contribution >= 0.6 is 0 Å². The predicted octanol–water partition coefficient (Wildman–Crippen LogP) is -0.119. The van der Waals surface area contributed by atoms with Crippen LogP contribution in [-0.4, -0.2) is 74.1 Å². The van der Waals surface area contributed by atoms with Crippen LogP contribution < -0.4 is 10.6 Å². The van der Waals surface area contributed by atoms with Gasteiger partial charge in [-0.3, -0.25) is 9.69 Å². The smallest absolute Gasteiger partial charge is 0.234 e. The number of hydrogen-bond donors (Lipinski definition) is 2. The number of amides is 1. The van der Waals surface area contributed by atoms with E-state index in [1.807, 2.05) is 0 Å². The van der Waals surface area contributed by atoms with E-state index in [-0.39, 0.29) is 5.91 Å². The van der Waals surface area contributed by atoms with Crippen molar-refractivity contribution in [2.45, 2.75) is 37.8 Å². The number of nitrogens with one attached hydrogen (secondary N) is 2. The largest absolute Gasteiger partial charge is 0.355 e. The van der Waals surface area contributed by atoms with Crippen molar-refractivity contribution in [2.75, 3.05) is 46.3 Å². The first kappa shape index (κ1) is 14.3. The van der Waals surface area contributed by atoms with Gasteiger partial charge in [0.05, 0.1) is 6.54 Å². The summed E-state index contributed by atoms with van der Waals surface area (Å²) in [6, 6.07) is 1.53. The maximum atomic E-state index is 12.0. The van der Waals surface area contributed by atoms with E-state index in [4.69, 9.17) is 0 Å². The molecular formula is C15H28N4O. The van der Waals surface area contributed by atoms with Gasteiger partial charge in [0.25, 0.3) is 0 Å². The molecule has 2 N–H and O–H groups in total. The molecule has 0 aromatic heterocycles. The molecular weight excluding hydrogens is 252 g/mol. The molecule has 0 radical (unpaired) electrons. The molecule has 20 heavy (non-hydrogen) atoms. The third-order valence-corrected chi connectivity index (χ3v) is 5.36. The Bertz CT molecular complexity index is 329. The Labute approximate surface area is 122 Å². The molecule has 114 valence electrons. The summed E-state index contributed by atoms with van der Waals surface area (Å²) in [7, 11) is 2.27. The monoisotopic (exact) mass is 280 g/mol. The molecule has 1 amide bonds. The zero-order valence-corrected chi connectivity index (χ0v) is 12.6. The SMILES string of the molecule is CN1C2CCC1CC(CNC(=O)CN1CCNCC1)C2. The van der Waals surface area contributed by atoms with E-state index in [0.717, 1.165) is 44.8 Å². The minimum absolute atomic E-state index is 0.207. The molecule has 2 unspecified atom stereocenters. The Morgan fingerprint density at radius 2 is 1.85 bits per heavy atom. The van der Waals surface area contributed by atoms with Crippen LogP contribution in [0.2, 0.25) is 0 Å². The highest BCUT2D eigenvalue weighted by molar-refractivity contribution is 5.78. The third kappa shape index (κ3) is 3.32. The molecule has 2 atom stereocenters. The molecule has 0 spiro atoms. The lowest BCUT2D eigenvalue weighted by Gasteiger charge is -2.36. The summed E-state index contributed by atoms with van der Waals surface area (Å²) in [5.74, 6) is 0.897. The van der Waals surface area contributed by atoms with Gasteiger partial charge in [-0.1, -0.05) is 0 Å². The number of carbonyl (C=O) groups excluding carboxylic acids is 1. The van der Waals surface area contributed by atoms with Crippen molar-refractivity contribution in [3.63, 3.8) is 0 Å². The fourth-order valence-electron chi connectivity index (χ4n) is 4.08. The highest BCUT2D eigenvalue weighted by Gasteiger charge is 2.38. The van der Waals surface area contributed by atoms with E-state index in [1.54, 1.807) is 0 Å². The molecule has 0 aromatic carbocycles. The van der Waals surface area contributed by atoms with Crippen molar-refractivity contribution < 1.29 is 4.79 Å². The number of carbonyl (C=O) groups is 1. The van der Waals surface area contributed by atoms with Crippen LogP contribution in [-0.2, 0) is 4.79 Å². The molecule has 3 heterocycles. The average Bonchev–Trinajstić information content (AvgIpc) is 2.68. The Hall–Kier alpha value is -0.650. The fraction of sp³-hybridized carbons (Fsp3) is 0.933. The van der Waals surface area contributed by atoms with Gasteiger partial charge in [-0.2, -0.15) is 0 Å². The highest BCUT2D eigenvalue weighted by Crippen LogP contribution is 2.36. The number of hydrogen-bond acceptors (Lipinski definition) is 4. The van der Waals surface area contributed by atoms with E-state index in [9.17, 15) is 4.79 Å². The first-order valence-corrected chi connectivity index (χ1v) is 8.14. The van der Waals surface area contributed by atoms with Gasteiger partial charge in [-0.15, -0.1) is 0 Å². The quantitative estimate of drug-likeness (QED) is 0.754. The summed E-state index contributed by atoms with van der Waals surface area (Å²) >= 11 is 0. The number of nitrogens with zero attached hydrogens (tertiary/aromatic N) is 2. The molecule has 0 aliphatic carbocycles. The van der Waals surface area contributed by atoms with Gasteiger partial charge in [0.15, 0.2) is 0 Å². The van der Waals surface area contributed by atoms with Gasteiger partial charge < -0.3 is 15.5 Å². The van der Waals surface area contributed by atoms with E-state index in [0.29, 0.717) is 12.5 Å². The van der Waals surface area contributed by atoms with E-state index >= 15 is 0 Å². The zero-order valence-electron chi connectivity index (χ0n) is 12.6. The van der Waals surface area contributed by atoms with Crippen molar-refractivity contribution >= 4 is 5.91 Å². The van der Waals surface area contributed by atoms with Crippen molar-refractivity contribution in [1.82, 2.24) is 20.4 Å². The van der Waals surface area contributed by atoms with Crippen molar-refractivity contribution in [3.05, 3.63) is 0 Å². The molecule has 3 saturated heterocycles. The van der Waals surface area contributed by atoms with Crippen LogP contribution in [0.3, 0.4) is 0 Å². The minimum atomic E-state index is 0.207. The summed E-state index contributed by atoms with van der Waals surface area (Å²) in [6.45, 7) is 5.45.